The van der Waals surface area contributed by atoms with Gasteiger partial charge in [-0.3, -0.25) is 0 Å². The van der Waals surface area contributed by atoms with Gasteiger partial charge in [0, 0.05) is 0 Å². The molecule has 1 aliphatic rings. The molecule has 0 aromatic heterocycles. The summed E-state index contributed by atoms with van der Waals surface area (Å²) in [6.45, 7) is 0.600. The first-order valence-corrected chi connectivity index (χ1v) is 8.60. The average molecular weight is 307 g/mol. The van der Waals surface area contributed by atoms with E-state index in [1.165, 1.54) is 16.3 Å². The molecule has 1 N–H and O–H groups in total. The van der Waals surface area contributed by atoms with E-state index in [1.54, 1.807) is 0 Å². The Balaban J connectivity index is 1.71. The Morgan fingerprint density at radius 2 is 1.94 bits per heavy atom. The quantitative estimate of drug-likeness (QED) is 0.884. The third kappa shape index (κ3) is 2.60. The molecule has 3 heteroatoms. The fraction of sp³-hybridized carbons (Fsp3) is 0.333. The second-order valence-electron chi connectivity index (χ2n) is 4.64. The van der Waals surface area contributed by atoms with Gasteiger partial charge in [-0.1, -0.05) is 0 Å². The Labute approximate surface area is 113 Å². The number of aliphatic hydroxyl groups excluding tert-OH is 1. The Hall–Kier alpha value is -0.861. The second-order valence-corrected chi connectivity index (χ2v) is 6.89. The van der Waals surface area contributed by atoms with Crippen LogP contribution in [0.15, 0.2) is 42.5 Å². The monoisotopic (exact) mass is 308 g/mol. The maximum absolute atomic E-state index is 9.73. The van der Waals surface area contributed by atoms with E-state index in [-0.39, 0.29) is 12.2 Å². The zero-order valence-electron chi connectivity index (χ0n) is 10.1. The number of aliphatic hydroxyl groups is 1. The van der Waals surface area contributed by atoms with Gasteiger partial charge in [-0.15, -0.1) is 0 Å². The molecule has 0 aliphatic carbocycles. The molecule has 1 heterocycles. The third-order valence-electron chi connectivity index (χ3n) is 3.28. The van der Waals surface area contributed by atoms with E-state index in [0.717, 1.165) is 10.6 Å². The minimum absolute atomic E-state index is 0.0523. The van der Waals surface area contributed by atoms with Gasteiger partial charge in [0.15, 0.2) is 0 Å². The van der Waals surface area contributed by atoms with Crippen LogP contribution >= 0.6 is 0 Å². The van der Waals surface area contributed by atoms with Crippen LogP contribution in [0, 0.1) is 0 Å². The second kappa shape index (κ2) is 5.41. The summed E-state index contributed by atoms with van der Waals surface area (Å²) >= 11 is 0.563. The van der Waals surface area contributed by atoms with Gasteiger partial charge in [0.1, 0.15) is 0 Å². The normalized spacial score (nSPS) is 23.6. The molecule has 2 aromatic rings. The van der Waals surface area contributed by atoms with E-state index in [1.807, 2.05) is 0 Å². The van der Waals surface area contributed by atoms with Gasteiger partial charge in [0.25, 0.3) is 0 Å². The SMILES string of the molecule is O[C@H]1C[Se]C[C@@H]1OCc1ccc2ccccc2c1. The van der Waals surface area contributed by atoms with Crippen LogP contribution in [-0.2, 0) is 11.3 Å². The number of ether oxygens (including phenoxy) is 1. The fourth-order valence-electron chi connectivity index (χ4n) is 2.21. The molecule has 18 heavy (non-hydrogen) atoms. The molecule has 0 spiro atoms. The number of hydrogen-bond donors (Lipinski definition) is 1. The van der Waals surface area contributed by atoms with Crippen LogP contribution in [-0.4, -0.2) is 32.3 Å². The molecule has 0 radical (unpaired) electrons. The van der Waals surface area contributed by atoms with Crippen molar-refractivity contribution in [1.82, 2.24) is 0 Å². The molecular formula is C15H16O2Se. The van der Waals surface area contributed by atoms with Crippen LogP contribution in [0.2, 0.25) is 10.6 Å². The Bertz CT molecular complexity index is 541. The van der Waals surface area contributed by atoms with Crippen LogP contribution in [0.25, 0.3) is 10.8 Å². The van der Waals surface area contributed by atoms with Gasteiger partial charge >= 0.3 is 113 Å². The van der Waals surface area contributed by atoms with Crippen LogP contribution in [0.5, 0.6) is 0 Å². The molecule has 2 nitrogen and oxygen atoms in total. The molecule has 3 rings (SSSR count). The maximum atomic E-state index is 9.73. The summed E-state index contributed by atoms with van der Waals surface area (Å²) in [5.74, 6) is 0. The van der Waals surface area contributed by atoms with Crippen LogP contribution < -0.4 is 0 Å². The van der Waals surface area contributed by atoms with Crippen molar-refractivity contribution in [3.8, 4) is 0 Å². The Morgan fingerprint density at radius 3 is 2.72 bits per heavy atom. The third-order valence-corrected chi connectivity index (χ3v) is 5.67. The van der Waals surface area contributed by atoms with Crippen molar-refractivity contribution >= 4 is 25.7 Å². The van der Waals surface area contributed by atoms with E-state index in [4.69, 9.17) is 4.74 Å². The fourth-order valence-corrected chi connectivity index (χ4v) is 4.61. The molecule has 94 valence electrons. The van der Waals surface area contributed by atoms with E-state index < -0.39 is 0 Å². The van der Waals surface area contributed by atoms with Crippen molar-refractivity contribution in [1.29, 1.82) is 0 Å². The zero-order chi connectivity index (χ0) is 12.4. The van der Waals surface area contributed by atoms with Crippen molar-refractivity contribution in [2.24, 2.45) is 0 Å². The first-order valence-electron chi connectivity index (χ1n) is 6.18. The molecule has 2 aromatic carbocycles. The average Bonchev–Trinajstić information content (AvgIpc) is 2.82. The number of rotatable bonds is 3. The molecule has 1 saturated heterocycles. The topological polar surface area (TPSA) is 29.5 Å². The first kappa shape index (κ1) is 12.2. The van der Waals surface area contributed by atoms with Gasteiger partial charge < -0.3 is 0 Å². The number of fused-ring (bicyclic) bond motifs is 1. The molecule has 1 fully saturated rings. The summed E-state index contributed by atoms with van der Waals surface area (Å²) in [5.41, 5.74) is 1.18. The van der Waals surface area contributed by atoms with Gasteiger partial charge in [0.2, 0.25) is 0 Å². The molecule has 0 amide bonds. The zero-order valence-corrected chi connectivity index (χ0v) is 11.8. The van der Waals surface area contributed by atoms with Gasteiger partial charge in [-0.05, 0) is 0 Å². The van der Waals surface area contributed by atoms with E-state index in [0.29, 0.717) is 21.6 Å². The van der Waals surface area contributed by atoms with E-state index in [2.05, 4.69) is 42.5 Å². The van der Waals surface area contributed by atoms with Gasteiger partial charge in [-0.2, -0.15) is 0 Å². The predicted octanol–water partition coefficient (Wildman–Crippen LogP) is 2.64. The van der Waals surface area contributed by atoms with E-state index >= 15 is 0 Å². The van der Waals surface area contributed by atoms with Crippen molar-refractivity contribution < 1.29 is 9.84 Å². The summed E-state index contributed by atoms with van der Waals surface area (Å²) in [6.07, 6.45) is -0.193. The number of benzene rings is 2. The standard InChI is InChI=1S/C15H16O2Se/c16-14-9-18-10-15(14)17-8-11-5-6-12-3-1-2-4-13(12)7-11/h1-7,14-16H,8-10H2/t14-,15-/m0/s1. The van der Waals surface area contributed by atoms with Gasteiger partial charge in [0.05, 0.1) is 0 Å². The molecule has 0 saturated carbocycles. The van der Waals surface area contributed by atoms with Crippen molar-refractivity contribution in [3.05, 3.63) is 48.0 Å². The summed E-state index contributed by atoms with van der Waals surface area (Å²) in [5, 5.41) is 14.2. The molecule has 0 bridgehead atoms. The van der Waals surface area contributed by atoms with Crippen LogP contribution in [0.3, 0.4) is 0 Å². The summed E-state index contributed by atoms with van der Waals surface area (Å²) in [7, 11) is 0. The molecule has 1 aliphatic heterocycles. The van der Waals surface area contributed by atoms with E-state index in [9.17, 15) is 5.11 Å². The van der Waals surface area contributed by atoms with Crippen molar-refractivity contribution in [2.75, 3.05) is 0 Å². The Morgan fingerprint density at radius 1 is 1.11 bits per heavy atom. The molecule has 2 atom stereocenters. The van der Waals surface area contributed by atoms with Crippen LogP contribution in [0.4, 0.5) is 0 Å². The summed E-state index contributed by atoms with van der Waals surface area (Å²) in [4.78, 5) is 0. The predicted molar refractivity (Wildman–Crippen MR) is 73.9 cm³/mol. The Kier molecular flexibility index (Phi) is 3.67. The van der Waals surface area contributed by atoms with Crippen molar-refractivity contribution in [2.45, 2.75) is 29.5 Å². The van der Waals surface area contributed by atoms with Crippen LogP contribution in [0.1, 0.15) is 5.56 Å². The minimum atomic E-state index is -0.245. The molecule has 0 unspecified atom stereocenters. The number of hydrogen-bond acceptors (Lipinski definition) is 2. The van der Waals surface area contributed by atoms with Gasteiger partial charge in [-0.25, -0.2) is 0 Å². The van der Waals surface area contributed by atoms with Crippen molar-refractivity contribution in [3.63, 3.8) is 0 Å². The summed E-state index contributed by atoms with van der Waals surface area (Å²) in [6, 6.07) is 14.7. The summed E-state index contributed by atoms with van der Waals surface area (Å²) < 4.78 is 5.82. The molecular weight excluding hydrogens is 291 g/mol. The first-order chi connectivity index (χ1) is 8.83.